The molecule has 1 N–H and O–H groups in total. The standard InChI is InChI=1S/C11H17N3OS/c1-3-14(2)11(15)13-10-12-8-6-4-5-7-9(8)16-10/h3-7H2,1-2H3,(H,12,13,15). The van der Waals surface area contributed by atoms with E-state index in [1.54, 1.807) is 23.3 Å². The minimum absolute atomic E-state index is 0.0754. The van der Waals surface area contributed by atoms with E-state index in [9.17, 15) is 4.79 Å². The van der Waals surface area contributed by atoms with E-state index >= 15 is 0 Å². The number of hydrogen-bond donors (Lipinski definition) is 1. The molecule has 0 fully saturated rings. The van der Waals surface area contributed by atoms with E-state index in [1.807, 2.05) is 6.92 Å². The van der Waals surface area contributed by atoms with E-state index < -0.39 is 0 Å². The average Bonchev–Trinajstić information content (AvgIpc) is 2.69. The lowest BCUT2D eigenvalue weighted by atomic mass is 10.0. The third-order valence-electron chi connectivity index (χ3n) is 2.88. The maximum absolute atomic E-state index is 11.6. The van der Waals surface area contributed by atoms with Crippen LogP contribution in [0.5, 0.6) is 0 Å². The predicted molar refractivity (Wildman–Crippen MR) is 66.1 cm³/mol. The highest BCUT2D eigenvalue weighted by atomic mass is 32.1. The fraction of sp³-hybridized carbons (Fsp3) is 0.636. The number of carbonyl (C=O) groups excluding carboxylic acids is 1. The first kappa shape index (κ1) is 11.4. The third kappa shape index (κ3) is 2.35. The number of nitrogens with zero attached hydrogens (tertiary/aromatic N) is 2. The lowest BCUT2D eigenvalue weighted by Crippen LogP contribution is -2.30. The Morgan fingerprint density at radius 1 is 1.50 bits per heavy atom. The van der Waals surface area contributed by atoms with Crippen molar-refractivity contribution in [2.24, 2.45) is 0 Å². The summed E-state index contributed by atoms with van der Waals surface area (Å²) in [5.41, 5.74) is 1.19. The van der Waals surface area contributed by atoms with Crippen molar-refractivity contribution in [3.05, 3.63) is 10.6 Å². The van der Waals surface area contributed by atoms with Gasteiger partial charge in [-0.3, -0.25) is 5.32 Å². The molecule has 1 heterocycles. The molecule has 0 atom stereocenters. The van der Waals surface area contributed by atoms with Crippen LogP contribution >= 0.6 is 11.3 Å². The summed E-state index contributed by atoms with van der Waals surface area (Å²) >= 11 is 1.62. The summed E-state index contributed by atoms with van der Waals surface area (Å²) in [5.74, 6) is 0. The summed E-state index contributed by atoms with van der Waals surface area (Å²) in [6, 6.07) is -0.0754. The molecule has 1 aromatic heterocycles. The summed E-state index contributed by atoms with van der Waals surface area (Å²) in [7, 11) is 1.78. The molecule has 2 rings (SSSR count). The van der Waals surface area contributed by atoms with E-state index in [0.29, 0.717) is 6.54 Å². The SMILES string of the molecule is CCN(C)C(=O)Nc1nc2c(s1)CCCC2. The minimum atomic E-state index is -0.0754. The van der Waals surface area contributed by atoms with Gasteiger partial charge in [0.2, 0.25) is 0 Å². The lowest BCUT2D eigenvalue weighted by Gasteiger charge is -2.13. The van der Waals surface area contributed by atoms with Gasteiger partial charge < -0.3 is 4.90 Å². The van der Waals surface area contributed by atoms with Crippen LogP contribution < -0.4 is 5.32 Å². The molecule has 5 heteroatoms. The summed E-state index contributed by atoms with van der Waals surface area (Å²) < 4.78 is 0. The Balaban J connectivity index is 2.05. The fourth-order valence-corrected chi connectivity index (χ4v) is 2.78. The monoisotopic (exact) mass is 239 g/mol. The summed E-state index contributed by atoms with van der Waals surface area (Å²) in [6.07, 6.45) is 4.65. The zero-order chi connectivity index (χ0) is 11.5. The number of urea groups is 1. The van der Waals surface area contributed by atoms with E-state index in [0.717, 1.165) is 18.0 Å². The van der Waals surface area contributed by atoms with Gasteiger partial charge in [0.1, 0.15) is 0 Å². The van der Waals surface area contributed by atoms with Crippen LogP contribution in [0.3, 0.4) is 0 Å². The van der Waals surface area contributed by atoms with Crippen molar-refractivity contribution in [2.45, 2.75) is 32.6 Å². The van der Waals surface area contributed by atoms with Gasteiger partial charge in [0.15, 0.2) is 5.13 Å². The molecule has 16 heavy (non-hydrogen) atoms. The molecular formula is C11H17N3OS. The Morgan fingerprint density at radius 3 is 2.94 bits per heavy atom. The van der Waals surface area contributed by atoms with Gasteiger partial charge in [0, 0.05) is 18.5 Å². The molecule has 88 valence electrons. The molecule has 0 bridgehead atoms. The average molecular weight is 239 g/mol. The van der Waals surface area contributed by atoms with Gasteiger partial charge in [-0.15, -0.1) is 11.3 Å². The van der Waals surface area contributed by atoms with Crippen LogP contribution in [0.25, 0.3) is 0 Å². The number of fused-ring (bicyclic) bond motifs is 1. The maximum atomic E-state index is 11.6. The molecule has 0 unspecified atom stereocenters. The van der Waals surface area contributed by atoms with Gasteiger partial charge in [-0.1, -0.05) is 0 Å². The van der Waals surface area contributed by atoms with Gasteiger partial charge in [0.25, 0.3) is 0 Å². The number of carbonyl (C=O) groups is 1. The van der Waals surface area contributed by atoms with E-state index in [4.69, 9.17) is 0 Å². The smallest absolute Gasteiger partial charge is 0.323 e. The van der Waals surface area contributed by atoms with E-state index in [2.05, 4.69) is 10.3 Å². The number of amides is 2. The minimum Gasteiger partial charge on any atom is -0.328 e. The number of hydrogen-bond acceptors (Lipinski definition) is 3. The highest BCUT2D eigenvalue weighted by Crippen LogP contribution is 2.29. The van der Waals surface area contributed by atoms with Crippen LogP contribution in [-0.2, 0) is 12.8 Å². The number of aryl methyl sites for hydroxylation is 2. The summed E-state index contributed by atoms with van der Waals surface area (Å²) in [4.78, 5) is 19.1. The molecule has 1 aromatic rings. The maximum Gasteiger partial charge on any atom is 0.323 e. The van der Waals surface area contributed by atoms with Gasteiger partial charge in [-0.05, 0) is 32.6 Å². The first-order valence-corrected chi connectivity index (χ1v) is 6.53. The molecule has 0 aliphatic heterocycles. The first-order valence-electron chi connectivity index (χ1n) is 5.71. The van der Waals surface area contributed by atoms with Crippen LogP contribution in [0.15, 0.2) is 0 Å². The van der Waals surface area contributed by atoms with Crippen molar-refractivity contribution in [1.82, 2.24) is 9.88 Å². The summed E-state index contributed by atoms with van der Waals surface area (Å²) in [6.45, 7) is 2.66. The molecule has 4 nitrogen and oxygen atoms in total. The lowest BCUT2D eigenvalue weighted by molar-refractivity contribution is 0.224. The number of rotatable bonds is 2. The van der Waals surface area contributed by atoms with Crippen LogP contribution in [0.1, 0.15) is 30.3 Å². The number of nitrogens with one attached hydrogen (secondary N) is 1. The number of thiazole rings is 1. The second-order valence-electron chi connectivity index (χ2n) is 4.04. The second kappa shape index (κ2) is 4.82. The Bertz CT molecular complexity index is 365. The highest BCUT2D eigenvalue weighted by Gasteiger charge is 2.16. The van der Waals surface area contributed by atoms with Crippen molar-refractivity contribution in [3.63, 3.8) is 0 Å². The van der Waals surface area contributed by atoms with Crippen LogP contribution in [0.2, 0.25) is 0 Å². The third-order valence-corrected chi connectivity index (χ3v) is 3.95. The van der Waals surface area contributed by atoms with Crippen molar-refractivity contribution in [3.8, 4) is 0 Å². The van der Waals surface area contributed by atoms with Gasteiger partial charge >= 0.3 is 6.03 Å². The van der Waals surface area contributed by atoms with Gasteiger partial charge in [-0.2, -0.15) is 0 Å². The molecule has 0 radical (unpaired) electrons. The quantitative estimate of drug-likeness (QED) is 0.862. The second-order valence-corrected chi connectivity index (χ2v) is 5.12. The summed E-state index contributed by atoms with van der Waals surface area (Å²) in [5, 5.41) is 3.59. The molecule has 2 amide bonds. The molecular weight excluding hydrogens is 222 g/mol. The Labute approximate surface area is 99.7 Å². The number of aromatic nitrogens is 1. The van der Waals surface area contributed by atoms with Crippen molar-refractivity contribution >= 4 is 22.5 Å². The number of anilines is 1. The predicted octanol–water partition coefficient (Wildman–Crippen LogP) is 2.51. The largest absolute Gasteiger partial charge is 0.328 e. The fourth-order valence-electron chi connectivity index (χ4n) is 1.74. The highest BCUT2D eigenvalue weighted by molar-refractivity contribution is 7.15. The molecule has 0 saturated carbocycles. The topological polar surface area (TPSA) is 45.2 Å². The molecule has 0 aromatic carbocycles. The normalized spacial score (nSPS) is 14.4. The molecule has 0 saturated heterocycles. The Kier molecular flexibility index (Phi) is 3.43. The van der Waals surface area contributed by atoms with Crippen LogP contribution in [-0.4, -0.2) is 29.5 Å². The zero-order valence-corrected chi connectivity index (χ0v) is 10.6. The van der Waals surface area contributed by atoms with Gasteiger partial charge in [0.05, 0.1) is 5.69 Å². The van der Waals surface area contributed by atoms with E-state index in [-0.39, 0.29) is 6.03 Å². The zero-order valence-electron chi connectivity index (χ0n) is 9.75. The molecule has 1 aliphatic carbocycles. The van der Waals surface area contributed by atoms with Crippen molar-refractivity contribution in [2.75, 3.05) is 18.9 Å². The molecule has 0 spiro atoms. The molecule has 1 aliphatic rings. The Morgan fingerprint density at radius 2 is 2.25 bits per heavy atom. The van der Waals surface area contributed by atoms with Crippen LogP contribution in [0.4, 0.5) is 9.93 Å². The van der Waals surface area contributed by atoms with Gasteiger partial charge in [-0.25, -0.2) is 9.78 Å². The van der Waals surface area contributed by atoms with Crippen molar-refractivity contribution < 1.29 is 4.79 Å². The Hall–Kier alpha value is -1.10. The first-order chi connectivity index (χ1) is 7.70. The van der Waals surface area contributed by atoms with Crippen LogP contribution in [0, 0.1) is 0 Å². The van der Waals surface area contributed by atoms with Crippen molar-refractivity contribution in [1.29, 1.82) is 0 Å². The van der Waals surface area contributed by atoms with E-state index in [1.165, 1.54) is 23.4 Å².